The molecule has 0 saturated carbocycles. The summed E-state index contributed by atoms with van der Waals surface area (Å²) in [6.45, 7) is 0.900. The van der Waals surface area contributed by atoms with Crippen LogP contribution in [0.15, 0.2) is 57.7 Å². The molecule has 0 aliphatic carbocycles. The molecule has 5 rings (SSSR count). The van der Waals surface area contributed by atoms with Gasteiger partial charge in [0.05, 0.1) is 13.7 Å². The number of nitrogens with zero attached hydrogens (tertiary/aromatic N) is 3. The van der Waals surface area contributed by atoms with Crippen molar-refractivity contribution < 1.29 is 18.9 Å². The quantitative estimate of drug-likeness (QED) is 0.719. The minimum atomic E-state index is -0.0390. The largest absolute Gasteiger partial charge is 0.493 e. The number of benzene rings is 2. The fourth-order valence-electron chi connectivity index (χ4n) is 3.77. The van der Waals surface area contributed by atoms with Crippen LogP contribution in [-0.4, -0.2) is 35.7 Å². The van der Waals surface area contributed by atoms with Gasteiger partial charge in [-0.1, -0.05) is 24.3 Å². The Morgan fingerprint density at radius 1 is 1.21 bits per heavy atom. The van der Waals surface area contributed by atoms with Gasteiger partial charge >= 0.3 is 0 Å². The Morgan fingerprint density at radius 2 is 2.14 bits per heavy atom. The first kappa shape index (κ1) is 17.4. The summed E-state index contributed by atoms with van der Waals surface area (Å²) in [4.78, 5) is 16.4. The fourth-order valence-corrected chi connectivity index (χ4v) is 3.77. The molecule has 0 spiro atoms. The van der Waals surface area contributed by atoms with Crippen molar-refractivity contribution in [1.29, 1.82) is 0 Å². The Labute approximate surface area is 166 Å². The molecule has 3 aromatic rings. The summed E-state index contributed by atoms with van der Waals surface area (Å²) in [6, 6.07) is 11.4. The zero-order chi connectivity index (χ0) is 19.8. The molecule has 1 fully saturated rings. The van der Waals surface area contributed by atoms with Gasteiger partial charge in [-0.3, -0.25) is 9.79 Å². The number of fused-ring (bicyclic) bond motifs is 2. The Balaban J connectivity index is 1.40. The molecule has 29 heavy (non-hydrogen) atoms. The van der Waals surface area contributed by atoms with E-state index in [1.165, 1.54) is 0 Å². The van der Waals surface area contributed by atoms with Gasteiger partial charge in [0.15, 0.2) is 11.5 Å². The molecule has 2 aliphatic rings. The van der Waals surface area contributed by atoms with Crippen LogP contribution in [0.2, 0.25) is 0 Å². The smallest absolute Gasteiger partial charge is 0.226 e. The van der Waals surface area contributed by atoms with E-state index in [0.29, 0.717) is 47.9 Å². The molecule has 1 unspecified atom stereocenters. The van der Waals surface area contributed by atoms with Gasteiger partial charge in [-0.25, -0.2) is 4.63 Å². The number of carbonyl (C=O) groups excluding carboxylic acids is 1. The lowest BCUT2D eigenvalue weighted by molar-refractivity contribution is -0.120. The monoisotopic (exact) mass is 390 g/mol. The molecular formula is C21H18N4O4. The first-order valence-corrected chi connectivity index (χ1v) is 9.28. The SMILES string of the molecule is COc1cc(C2CC(=O)NC3=NCC=C32)ccc1OCc1cccc2nonc12. The van der Waals surface area contributed by atoms with E-state index in [1.807, 2.05) is 36.4 Å². The van der Waals surface area contributed by atoms with Crippen molar-refractivity contribution in [2.75, 3.05) is 13.7 Å². The number of amidine groups is 1. The van der Waals surface area contributed by atoms with E-state index in [2.05, 4.69) is 26.7 Å². The highest BCUT2D eigenvalue weighted by Crippen LogP contribution is 2.38. The fraction of sp³-hybridized carbons (Fsp3) is 0.238. The van der Waals surface area contributed by atoms with E-state index in [0.717, 1.165) is 16.7 Å². The molecule has 1 saturated heterocycles. The average molecular weight is 390 g/mol. The Kier molecular flexibility index (Phi) is 4.23. The van der Waals surface area contributed by atoms with E-state index in [-0.39, 0.29) is 11.8 Å². The Hall–Kier alpha value is -3.68. The maximum Gasteiger partial charge on any atom is 0.226 e. The second-order valence-corrected chi connectivity index (χ2v) is 6.90. The molecular weight excluding hydrogens is 372 g/mol. The third kappa shape index (κ3) is 3.12. The van der Waals surface area contributed by atoms with E-state index in [1.54, 1.807) is 7.11 Å². The van der Waals surface area contributed by atoms with Crippen molar-refractivity contribution in [2.45, 2.75) is 18.9 Å². The van der Waals surface area contributed by atoms with Crippen molar-refractivity contribution in [3.05, 3.63) is 59.2 Å². The highest BCUT2D eigenvalue weighted by atomic mass is 16.6. The topological polar surface area (TPSA) is 98.8 Å². The third-order valence-corrected chi connectivity index (χ3v) is 5.20. The van der Waals surface area contributed by atoms with Crippen molar-refractivity contribution in [3.8, 4) is 11.5 Å². The van der Waals surface area contributed by atoms with Crippen LogP contribution in [0.25, 0.3) is 11.0 Å². The highest BCUT2D eigenvalue weighted by molar-refractivity contribution is 6.12. The first-order chi connectivity index (χ1) is 14.2. The number of carbonyl (C=O) groups is 1. The number of aromatic nitrogens is 2. The van der Waals surface area contributed by atoms with Crippen LogP contribution < -0.4 is 14.8 Å². The van der Waals surface area contributed by atoms with Crippen molar-refractivity contribution >= 4 is 22.8 Å². The lowest BCUT2D eigenvalue weighted by atomic mass is 9.85. The number of hydrogen-bond donors (Lipinski definition) is 1. The maximum absolute atomic E-state index is 12.1. The third-order valence-electron chi connectivity index (χ3n) is 5.20. The van der Waals surface area contributed by atoms with Gasteiger partial charge in [-0.15, -0.1) is 0 Å². The predicted molar refractivity (Wildman–Crippen MR) is 105 cm³/mol. The lowest BCUT2D eigenvalue weighted by Gasteiger charge is -2.26. The predicted octanol–water partition coefficient (Wildman–Crippen LogP) is 2.75. The van der Waals surface area contributed by atoms with Crippen LogP contribution in [0, 0.1) is 0 Å². The molecule has 1 atom stereocenters. The number of amides is 1. The zero-order valence-corrected chi connectivity index (χ0v) is 15.7. The molecule has 2 aromatic carbocycles. The second-order valence-electron chi connectivity index (χ2n) is 6.90. The number of ether oxygens (including phenoxy) is 2. The zero-order valence-electron chi connectivity index (χ0n) is 15.7. The van der Waals surface area contributed by atoms with E-state index in [9.17, 15) is 4.79 Å². The summed E-state index contributed by atoms with van der Waals surface area (Å²) in [5.74, 6) is 1.83. The maximum atomic E-state index is 12.1. The number of methoxy groups -OCH3 is 1. The number of hydrogen-bond acceptors (Lipinski definition) is 7. The number of nitrogens with one attached hydrogen (secondary N) is 1. The van der Waals surface area contributed by atoms with Crippen molar-refractivity contribution in [3.63, 3.8) is 0 Å². The molecule has 1 aromatic heterocycles. The molecule has 0 bridgehead atoms. The van der Waals surface area contributed by atoms with Crippen LogP contribution in [-0.2, 0) is 11.4 Å². The molecule has 3 heterocycles. The lowest BCUT2D eigenvalue weighted by Crippen LogP contribution is -2.38. The normalized spacial score (nSPS) is 18.1. The molecule has 146 valence electrons. The van der Waals surface area contributed by atoms with E-state index < -0.39 is 0 Å². The molecule has 2 aliphatic heterocycles. The number of rotatable bonds is 5. The summed E-state index contributed by atoms with van der Waals surface area (Å²) >= 11 is 0. The number of piperidine rings is 1. The number of aliphatic imine (C=N–C) groups is 1. The highest BCUT2D eigenvalue weighted by Gasteiger charge is 2.32. The summed E-state index contributed by atoms with van der Waals surface area (Å²) < 4.78 is 16.3. The minimum Gasteiger partial charge on any atom is -0.493 e. The second kappa shape index (κ2) is 7.05. The summed E-state index contributed by atoms with van der Waals surface area (Å²) in [6.07, 6.45) is 2.44. The Morgan fingerprint density at radius 3 is 3.03 bits per heavy atom. The molecule has 8 nitrogen and oxygen atoms in total. The molecule has 1 N–H and O–H groups in total. The van der Waals surface area contributed by atoms with Gasteiger partial charge in [-0.05, 0) is 34.1 Å². The van der Waals surface area contributed by atoms with Crippen LogP contribution in [0.5, 0.6) is 11.5 Å². The summed E-state index contributed by atoms with van der Waals surface area (Å²) in [7, 11) is 1.60. The van der Waals surface area contributed by atoms with Gasteiger partial charge in [0, 0.05) is 23.5 Å². The van der Waals surface area contributed by atoms with Gasteiger partial charge < -0.3 is 14.8 Å². The molecule has 1 amide bonds. The first-order valence-electron chi connectivity index (χ1n) is 9.28. The van der Waals surface area contributed by atoms with Gasteiger partial charge in [0.25, 0.3) is 0 Å². The van der Waals surface area contributed by atoms with Gasteiger partial charge in [0.1, 0.15) is 23.5 Å². The van der Waals surface area contributed by atoms with E-state index in [4.69, 9.17) is 14.1 Å². The molecule has 8 heteroatoms. The van der Waals surface area contributed by atoms with Crippen LogP contribution >= 0.6 is 0 Å². The van der Waals surface area contributed by atoms with Crippen LogP contribution in [0.3, 0.4) is 0 Å². The molecule has 0 radical (unpaired) electrons. The van der Waals surface area contributed by atoms with Crippen molar-refractivity contribution in [2.24, 2.45) is 4.99 Å². The van der Waals surface area contributed by atoms with Gasteiger partial charge in [-0.2, -0.15) is 0 Å². The minimum absolute atomic E-state index is 0.0265. The Bertz CT molecular complexity index is 1160. The van der Waals surface area contributed by atoms with Crippen molar-refractivity contribution in [1.82, 2.24) is 15.6 Å². The summed E-state index contributed by atoms with van der Waals surface area (Å²) in [5.41, 5.74) is 4.29. The standard InChI is InChI=1S/C21H18N4O4/c1-27-18-9-12(15-10-19(26)23-21-14(15)7-8-22-21)5-6-17(18)28-11-13-3-2-4-16-20(13)25-29-24-16/h2-7,9,15H,8,10-11H2,1H3,(H,22,23,26). The van der Waals surface area contributed by atoms with Crippen LogP contribution in [0.1, 0.15) is 23.5 Å². The average Bonchev–Trinajstić information content (AvgIpc) is 3.40. The van der Waals surface area contributed by atoms with Gasteiger partial charge in [0.2, 0.25) is 5.91 Å². The van der Waals surface area contributed by atoms with E-state index >= 15 is 0 Å². The summed E-state index contributed by atoms with van der Waals surface area (Å²) in [5, 5.41) is 10.6. The van der Waals surface area contributed by atoms with Crippen LogP contribution in [0.4, 0.5) is 0 Å².